The lowest BCUT2D eigenvalue weighted by atomic mass is 9.86. The number of aliphatic hydroxyl groups is 1. The first-order chi connectivity index (χ1) is 7.46. The van der Waals surface area contributed by atoms with Gasteiger partial charge >= 0.3 is 0 Å². The summed E-state index contributed by atoms with van der Waals surface area (Å²) in [6, 6.07) is 0.847. The highest BCUT2D eigenvalue weighted by atomic mass is 16.3. The normalized spacial score (nSPS) is 18.5. The summed E-state index contributed by atoms with van der Waals surface area (Å²) in [4.78, 5) is 2.24. The van der Waals surface area contributed by atoms with Gasteiger partial charge in [0.15, 0.2) is 0 Å². The van der Waals surface area contributed by atoms with Crippen LogP contribution < -0.4 is 5.32 Å². The van der Waals surface area contributed by atoms with E-state index in [-0.39, 0.29) is 5.41 Å². The van der Waals surface area contributed by atoms with Crippen LogP contribution in [0.25, 0.3) is 0 Å². The van der Waals surface area contributed by atoms with Gasteiger partial charge in [-0.1, -0.05) is 34.6 Å². The minimum absolute atomic E-state index is 0.232. The molecule has 0 saturated heterocycles. The van der Waals surface area contributed by atoms with E-state index in [2.05, 4.69) is 58.8 Å². The summed E-state index contributed by atoms with van der Waals surface area (Å²) >= 11 is 0. The maximum Gasteiger partial charge on any atom is 0.0869 e. The Labute approximate surface area is 108 Å². The van der Waals surface area contributed by atoms with Crippen molar-refractivity contribution in [1.29, 1.82) is 0 Å². The average Bonchev–Trinajstić information content (AvgIpc) is 2.11. The van der Waals surface area contributed by atoms with Crippen LogP contribution >= 0.6 is 0 Å². The molecule has 3 nitrogen and oxygen atoms in total. The third-order valence-corrected chi connectivity index (χ3v) is 3.40. The van der Waals surface area contributed by atoms with Crippen molar-refractivity contribution in [3.05, 3.63) is 0 Å². The van der Waals surface area contributed by atoms with E-state index in [0.29, 0.717) is 25.2 Å². The molecule has 0 aliphatic rings. The number of hydrogen-bond acceptors (Lipinski definition) is 3. The number of rotatable bonds is 6. The summed E-state index contributed by atoms with van der Waals surface area (Å²) in [6.07, 6.45) is 0. The molecule has 2 unspecified atom stereocenters. The van der Waals surface area contributed by atoms with Crippen molar-refractivity contribution in [2.24, 2.45) is 5.41 Å². The Balaban J connectivity index is 4.31. The highest BCUT2D eigenvalue weighted by molar-refractivity contribution is 4.85. The Morgan fingerprint density at radius 3 is 1.94 bits per heavy atom. The van der Waals surface area contributed by atoms with Crippen molar-refractivity contribution >= 4 is 0 Å². The lowest BCUT2D eigenvalue weighted by Gasteiger charge is -2.39. The molecule has 0 aromatic carbocycles. The third-order valence-electron chi connectivity index (χ3n) is 3.40. The zero-order chi connectivity index (χ0) is 13.9. The standard InChI is InChI=1S/C14H32N2O/c1-11(2)15-9-14(7,17)10-16(8)12(3)13(4,5)6/h11-12,15,17H,9-10H2,1-8H3. The molecular formula is C14H32N2O. The van der Waals surface area contributed by atoms with Crippen molar-refractivity contribution in [3.63, 3.8) is 0 Å². The first-order valence-corrected chi connectivity index (χ1v) is 6.62. The molecule has 0 spiro atoms. The maximum atomic E-state index is 10.3. The van der Waals surface area contributed by atoms with Gasteiger partial charge in [-0.05, 0) is 26.3 Å². The fourth-order valence-corrected chi connectivity index (χ4v) is 1.82. The lowest BCUT2D eigenvalue weighted by molar-refractivity contribution is 0.00120. The van der Waals surface area contributed by atoms with E-state index in [1.807, 2.05) is 6.92 Å². The van der Waals surface area contributed by atoms with Gasteiger partial charge in [-0.25, -0.2) is 0 Å². The van der Waals surface area contributed by atoms with Gasteiger partial charge in [0.2, 0.25) is 0 Å². The molecule has 0 saturated carbocycles. The van der Waals surface area contributed by atoms with Gasteiger partial charge in [0, 0.05) is 25.2 Å². The average molecular weight is 244 g/mol. The first kappa shape index (κ1) is 16.9. The fraction of sp³-hybridized carbons (Fsp3) is 1.00. The molecule has 0 aliphatic carbocycles. The van der Waals surface area contributed by atoms with E-state index >= 15 is 0 Å². The van der Waals surface area contributed by atoms with E-state index in [9.17, 15) is 5.11 Å². The quantitative estimate of drug-likeness (QED) is 0.751. The molecule has 2 N–H and O–H groups in total. The maximum absolute atomic E-state index is 10.3. The van der Waals surface area contributed by atoms with Crippen LogP contribution in [-0.4, -0.2) is 47.8 Å². The molecule has 0 aromatic rings. The molecule has 0 radical (unpaired) electrons. The van der Waals surface area contributed by atoms with Crippen LogP contribution in [-0.2, 0) is 0 Å². The van der Waals surface area contributed by atoms with E-state index in [4.69, 9.17) is 0 Å². The van der Waals surface area contributed by atoms with Crippen LogP contribution in [0.1, 0.15) is 48.5 Å². The summed E-state index contributed by atoms with van der Waals surface area (Å²) in [5, 5.41) is 13.6. The summed E-state index contributed by atoms with van der Waals surface area (Å²) < 4.78 is 0. The second kappa shape index (κ2) is 6.17. The number of nitrogens with zero attached hydrogens (tertiary/aromatic N) is 1. The molecule has 0 rings (SSSR count). The summed E-state index contributed by atoms with van der Waals surface area (Å²) in [7, 11) is 2.08. The van der Waals surface area contributed by atoms with Crippen molar-refractivity contribution in [1.82, 2.24) is 10.2 Å². The fourth-order valence-electron chi connectivity index (χ4n) is 1.82. The predicted octanol–water partition coefficient (Wildman–Crippen LogP) is 2.10. The molecule has 2 atom stereocenters. The SMILES string of the molecule is CC(C)NCC(C)(O)CN(C)C(C)C(C)(C)C. The van der Waals surface area contributed by atoms with Gasteiger partial charge in [0.1, 0.15) is 0 Å². The Morgan fingerprint density at radius 1 is 1.12 bits per heavy atom. The molecule has 0 fully saturated rings. The topological polar surface area (TPSA) is 35.5 Å². The van der Waals surface area contributed by atoms with Crippen LogP contribution in [0.4, 0.5) is 0 Å². The molecule has 0 aliphatic heterocycles. The molecule has 0 heterocycles. The van der Waals surface area contributed by atoms with Gasteiger partial charge < -0.3 is 15.3 Å². The monoisotopic (exact) mass is 244 g/mol. The van der Waals surface area contributed by atoms with Gasteiger partial charge in [-0.2, -0.15) is 0 Å². The Kier molecular flexibility index (Phi) is 6.12. The summed E-state index contributed by atoms with van der Waals surface area (Å²) in [5.41, 5.74) is -0.450. The minimum Gasteiger partial charge on any atom is -0.388 e. The smallest absolute Gasteiger partial charge is 0.0869 e. The Bertz CT molecular complexity index is 219. The Morgan fingerprint density at radius 2 is 1.59 bits per heavy atom. The van der Waals surface area contributed by atoms with Crippen molar-refractivity contribution in [2.45, 2.75) is 66.2 Å². The second-order valence-electron chi connectivity index (χ2n) is 6.99. The van der Waals surface area contributed by atoms with E-state index in [0.717, 1.165) is 0 Å². The van der Waals surface area contributed by atoms with Crippen LogP contribution in [0.15, 0.2) is 0 Å². The van der Waals surface area contributed by atoms with Crippen LogP contribution in [0, 0.1) is 5.41 Å². The highest BCUT2D eigenvalue weighted by Crippen LogP contribution is 2.24. The minimum atomic E-state index is -0.682. The zero-order valence-electron chi connectivity index (χ0n) is 13.0. The molecule has 104 valence electrons. The zero-order valence-corrected chi connectivity index (χ0v) is 13.0. The third kappa shape index (κ3) is 7.02. The number of likely N-dealkylation sites (N-methyl/N-ethyl adjacent to an activating group) is 1. The number of hydrogen-bond donors (Lipinski definition) is 2. The van der Waals surface area contributed by atoms with Gasteiger partial charge in [-0.15, -0.1) is 0 Å². The molecule has 0 amide bonds. The summed E-state index contributed by atoms with van der Waals surface area (Å²) in [5.74, 6) is 0. The highest BCUT2D eigenvalue weighted by Gasteiger charge is 2.29. The number of nitrogens with one attached hydrogen (secondary N) is 1. The van der Waals surface area contributed by atoms with Crippen LogP contribution in [0.3, 0.4) is 0 Å². The second-order valence-corrected chi connectivity index (χ2v) is 6.99. The van der Waals surface area contributed by atoms with Gasteiger partial charge in [0.05, 0.1) is 5.60 Å². The van der Waals surface area contributed by atoms with E-state index < -0.39 is 5.60 Å². The van der Waals surface area contributed by atoms with E-state index in [1.165, 1.54) is 0 Å². The molecule has 0 bridgehead atoms. The Hall–Kier alpha value is -0.120. The van der Waals surface area contributed by atoms with Crippen molar-refractivity contribution in [3.8, 4) is 0 Å². The van der Waals surface area contributed by atoms with Crippen LogP contribution in [0.2, 0.25) is 0 Å². The van der Waals surface area contributed by atoms with Crippen LogP contribution in [0.5, 0.6) is 0 Å². The summed E-state index contributed by atoms with van der Waals surface area (Å²) in [6.45, 7) is 16.3. The van der Waals surface area contributed by atoms with Crippen molar-refractivity contribution < 1.29 is 5.11 Å². The van der Waals surface area contributed by atoms with Gasteiger partial charge in [-0.3, -0.25) is 0 Å². The van der Waals surface area contributed by atoms with Gasteiger partial charge in [0.25, 0.3) is 0 Å². The van der Waals surface area contributed by atoms with Crippen molar-refractivity contribution in [2.75, 3.05) is 20.1 Å². The molecule has 17 heavy (non-hydrogen) atoms. The first-order valence-electron chi connectivity index (χ1n) is 6.62. The van der Waals surface area contributed by atoms with E-state index in [1.54, 1.807) is 0 Å². The molecule has 3 heteroatoms. The largest absolute Gasteiger partial charge is 0.388 e. The predicted molar refractivity (Wildman–Crippen MR) is 75.3 cm³/mol. The lowest BCUT2D eigenvalue weighted by Crippen LogP contribution is -2.51. The molecular weight excluding hydrogens is 212 g/mol. The molecule has 0 aromatic heterocycles.